The third-order valence-electron chi connectivity index (χ3n) is 3.40. The summed E-state index contributed by atoms with van der Waals surface area (Å²) in [5.74, 6) is -0.233. The molecule has 0 aromatic heterocycles. The van der Waals surface area contributed by atoms with Crippen LogP contribution in [-0.4, -0.2) is 13.1 Å². The van der Waals surface area contributed by atoms with Gasteiger partial charge in [-0.2, -0.15) is 0 Å². The Balaban J connectivity index is 4.20. The average molecular weight is 252 g/mol. The van der Waals surface area contributed by atoms with Gasteiger partial charge in [-0.25, -0.2) is 4.79 Å². The van der Waals surface area contributed by atoms with Crippen LogP contribution in [0.15, 0.2) is 22.8 Å². The second kappa shape index (κ2) is 9.93. The van der Waals surface area contributed by atoms with E-state index in [2.05, 4.69) is 19.9 Å². The van der Waals surface area contributed by atoms with E-state index in [0.29, 0.717) is 5.57 Å². The van der Waals surface area contributed by atoms with E-state index in [1.165, 1.54) is 44.8 Å². The molecule has 0 rings (SSSR count). The topological polar surface area (TPSA) is 26.3 Å². The Morgan fingerprint density at radius 3 is 2.17 bits per heavy atom. The van der Waals surface area contributed by atoms with Crippen molar-refractivity contribution in [3.8, 4) is 0 Å². The van der Waals surface area contributed by atoms with Crippen LogP contribution >= 0.6 is 0 Å². The maximum absolute atomic E-state index is 11.4. The normalized spacial score (nSPS) is 13.3. The van der Waals surface area contributed by atoms with Crippen LogP contribution in [-0.2, 0) is 9.53 Å². The molecule has 0 atom stereocenters. The minimum atomic E-state index is -0.233. The summed E-state index contributed by atoms with van der Waals surface area (Å²) < 4.78 is 4.73. The molecule has 18 heavy (non-hydrogen) atoms. The average Bonchev–Trinajstić information content (AvgIpc) is 2.39. The number of ether oxygens (including phenoxy) is 1. The molecule has 0 spiro atoms. The maximum atomic E-state index is 11.4. The first kappa shape index (κ1) is 16.9. The van der Waals surface area contributed by atoms with Crippen LogP contribution in [0.5, 0.6) is 0 Å². The molecule has 0 N–H and O–H groups in total. The lowest BCUT2D eigenvalue weighted by molar-refractivity contribution is -0.136. The number of unbranched alkanes of at least 4 members (excludes halogenated alkanes) is 5. The van der Waals surface area contributed by atoms with Crippen LogP contribution in [0.4, 0.5) is 0 Å². The van der Waals surface area contributed by atoms with E-state index in [4.69, 9.17) is 4.74 Å². The predicted molar refractivity (Wildman–Crippen MR) is 77.5 cm³/mol. The van der Waals surface area contributed by atoms with Gasteiger partial charge in [-0.1, -0.05) is 44.3 Å². The summed E-state index contributed by atoms with van der Waals surface area (Å²) in [7, 11) is 1.42. The summed E-state index contributed by atoms with van der Waals surface area (Å²) in [5.41, 5.74) is 2.93. The van der Waals surface area contributed by atoms with E-state index < -0.39 is 0 Å². The highest BCUT2D eigenvalue weighted by atomic mass is 16.5. The number of allylic oxidation sites excluding steroid dienone is 3. The van der Waals surface area contributed by atoms with Gasteiger partial charge in [-0.3, -0.25) is 0 Å². The number of methoxy groups -OCH3 is 1. The van der Waals surface area contributed by atoms with Gasteiger partial charge in [-0.15, -0.1) is 0 Å². The largest absolute Gasteiger partial charge is 0.466 e. The molecule has 0 saturated heterocycles. The number of hydrogen-bond donors (Lipinski definition) is 0. The first-order valence-corrected chi connectivity index (χ1v) is 6.97. The minimum Gasteiger partial charge on any atom is -0.466 e. The van der Waals surface area contributed by atoms with Crippen molar-refractivity contribution in [2.24, 2.45) is 0 Å². The lowest BCUT2D eigenvalue weighted by Crippen LogP contribution is -2.04. The van der Waals surface area contributed by atoms with Gasteiger partial charge in [0.05, 0.1) is 7.11 Å². The van der Waals surface area contributed by atoms with E-state index in [1.54, 1.807) is 0 Å². The smallest absolute Gasteiger partial charge is 0.333 e. The molecule has 0 aliphatic heterocycles. The van der Waals surface area contributed by atoms with Gasteiger partial charge >= 0.3 is 5.97 Å². The SMILES string of the molecule is CCCCCCCC=C(C)C(C)=C(C)C(=O)OC. The Labute approximate surface area is 112 Å². The number of rotatable bonds is 8. The first-order chi connectivity index (χ1) is 8.54. The Kier molecular flexibility index (Phi) is 9.35. The molecule has 0 aliphatic rings. The maximum Gasteiger partial charge on any atom is 0.333 e. The van der Waals surface area contributed by atoms with Crippen molar-refractivity contribution in [2.45, 2.75) is 66.2 Å². The van der Waals surface area contributed by atoms with Gasteiger partial charge in [0.1, 0.15) is 0 Å². The highest BCUT2D eigenvalue weighted by molar-refractivity contribution is 5.89. The zero-order chi connectivity index (χ0) is 14.0. The van der Waals surface area contributed by atoms with E-state index in [1.807, 2.05) is 13.8 Å². The summed E-state index contributed by atoms with van der Waals surface area (Å²) in [6, 6.07) is 0. The molecule has 0 aromatic rings. The van der Waals surface area contributed by atoms with Crippen molar-refractivity contribution in [3.05, 3.63) is 22.8 Å². The summed E-state index contributed by atoms with van der Waals surface area (Å²) in [6.07, 6.45) is 9.82. The van der Waals surface area contributed by atoms with Crippen LogP contribution in [0.25, 0.3) is 0 Å². The second-order valence-corrected chi connectivity index (χ2v) is 4.83. The van der Waals surface area contributed by atoms with Crippen molar-refractivity contribution >= 4 is 5.97 Å². The van der Waals surface area contributed by atoms with Crippen molar-refractivity contribution < 1.29 is 9.53 Å². The number of carbonyl (C=O) groups excluding carboxylic acids is 1. The molecule has 0 unspecified atom stereocenters. The molecule has 2 heteroatoms. The molecule has 0 amide bonds. The number of carbonyl (C=O) groups is 1. The van der Waals surface area contributed by atoms with E-state index in [0.717, 1.165) is 12.0 Å². The van der Waals surface area contributed by atoms with Crippen molar-refractivity contribution in [1.29, 1.82) is 0 Å². The van der Waals surface area contributed by atoms with Crippen LogP contribution in [0.3, 0.4) is 0 Å². The summed E-state index contributed by atoms with van der Waals surface area (Å²) in [5, 5.41) is 0. The zero-order valence-corrected chi connectivity index (χ0v) is 12.6. The van der Waals surface area contributed by atoms with Gasteiger partial charge in [-0.05, 0) is 39.2 Å². The fourth-order valence-corrected chi connectivity index (χ4v) is 1.82. The standard InChI is InChI=1S/C16H28O2/c1-6-7-8-9-10-11-12-13(2)14(3)15(4)16(17)18-5/h12H,6-11H2,1-5H3. The molecule has 0 fully saturated rings. The van der Waals surface area contributed by atoms with E-state index in [9.17, 15) is 4.79 Å². The zero-order valence-electron chi connectivity index (χ0n) is 12.6. The molecule has 2 nitrogen and oxygen atoms in total. The van der Waals surface area contributed by atoms with E-state index >= 15 is 0 Å². The molecule has 0 saturated carbocycles. The first-order valence-electron chi connectivity index (χ1n) is 6.97. The fourth-order valence-electron chi connectivity index (χ4n) is 1.82. The Morgan fingerprint density at radius 1 is 1.00 bits per heavy atom. The lowest BCUT2D eigenvalue weighted by atomic mass is 10.0. The predicted octanol–water partition coefficient (Wildman–Crippen LogP) is 4.80. The quantitative estimate of drug-likeness (QED) is 0.268. The van der Waals surface area contributed by atoms with Crippen molar-refractivity contribution in [3.63, 3.8) is 0 Å². The molecule has 0 radical (unpaired) electrons. The highest BCUT2D eigenvalue weighted by Gasteiger charge is 2.08. The lowest BCUT2D eigenvalue weighted by Gasteiger charge is -2.07. The third-order valence-corrected chi connectivity index (χ3v) is 3.40. The van der Waals surface area contributed by atoms with Crippen molar-refractivity contribution in [1.82, 2.24) is 0 Å². The molecular weight excluding hydrogens is 224 g/mol. The molecular formula is C16H28O2. The minimum absolute atomic E-state index is 0.233. The van der Waals surface area contributed by atoms with Gasteiger partial charge in [0.15, 0.2) is 0 Å². The summed E-state index contributed by atoms with van der Waals surface area (Å²) >= 11 is 0. The molecule has 104 valence electrons. The highest BCUT2D eigenvalue weighted by Crippen LogP contribution is 2.16. The van der Waals surface area contributed by atoms with E-state index in [-0.39, 0.29) is 5.97 Å². The van der Waals surface area contributed by atoms with Gasteiger partial charge in [0.25, 0.3) is 0 Å². The molecule has 0 heterocycles. The Morgan fingerprint density at radius 2 is 1.61 bits per heavy atom. The van der Waals surface area contributed by atoms with Crippen LogP contribution in [0.1, 0.15) is 66.2 Å². The molecule has 0 bridgehead atoms. The number of hydrogen-bond acceptors (Lipinski definition) is 2. The van der Waals surface area contributed by atoms with Gasteiger partial charge in [0.2, 0.25) is 0 Å². The second-order valence-electron chi connectivity index (χ2n) is 4.83. The molecule has 0 aromatic carbocycles. The Hall–Kier alpha value is -1.05. The van der Waals surface area contributed by atoms with Crippen LogP contribution in [0.2, 0.25) is 0 Å². The van der Waals surface area contributed by atoms with Gasteiger partial charge < -0.3 is 4.74 Å². The summed E-state index contributed by atoms with van der Waals surface area (Å²) in [4.78, 5) is 11.4. The molecule has 0 aliphatic carbocycles. The van der Waals surface area contributed by atoms with Gasteiger partial charge in [0, 0.05) is 5.57 Å². The monoisotopic (exact) mass is 252 g/mol. The summed E-state index contributed by atoms with van der Waals surface area (Å²) in [6.45, 7) is 8.09. The fraction of sp³-hybridized carbons (Fsp3) is 0.688. The van der Waals surface area contributed by atoms with Crippen LogP contribution in [0, 0.1) is 0 Å². The third kappa shape index (κ3) is 6.63. The Bertz CT molecular complexity index is 311. The van der Waals surface area contributed by atoms with Crippen molar-refractivity contribution in [2.75, 3.05) is 7.11 Å². The number of esters is 1. The van der Waals surface area contributed by atoms with Crippen LogP contribution < -0.4 is 0 Å².